The molecule has 0 radical (unpaired) electrons. The van der Waals surface area contributed by atoms with E-state index in [0.717, 1.165) is 83.5 Å². The van der Waals surface area contributed by atoms with E-state index in [0.29, 0.717) is 19.4 Å². The minimum absolute atomic E-state index is 0.0415. The highest BCUT2D eigenvalue weighted by molar-refractivity contribution is 5.76. The molecular formula is C57H107NO5. The molecule has 0 aliphatic heterocycles. The Bertz CT molecular complexity index is 1020. The van der Waals surface area contributed by atoms with Crippen molar-refractivity contribution in [3.63, 3.8) is 0 Å². The van der Waals surface area contributed by atoms with E-state index in [2.05, 4.69) is 43.5 Å². The molecule has 0 spiro atoms. The number of allylic oxidation sites excluding steroid dienone is 5. The summed E-state index contributed by atoms with van der Waals surface area (Å²) in [5, 5.41) is 23.1. The summed E-state index contributed by atoms with van der Waals surface area (Å²) in [5.74, 6) is -0.138. The molecule has 0 aliphatic carbocycles. The summed E-state index contributed by atoms with van der Waals surface area (Å²) < 4.78 is 5.43. The zero-order valence-corrected chi connectivity index (χ0v) is 42.1. The standard InChI is InChI=1S/C57H107NO5/c1-3-5-7-9-11-13-15-17-19-20-21-22-23-24-25-26-29-33-37-41-45-49-55(60)54(53-59)58-56(61)50-46-42-38-34-30-28-32-36-40-44-48-52-63-57(62)51-47-43-39-35-31-27-18-16-14-12-10-8-6-4-2/h16,18,32,36,45,49,54-55,59-60H,3-15,17,19-31,33-35,37-44,46-48,50-53H2,1-2H3,(H,58,61)/b18-16-,36-32-,49-45+. The molecule has 0 heterocycles. The number of amides is 1. The molecule has 0 aliphatic rings. The van der Waals surface area contributed by atoms with E-state index in [-0.39, 0.29) is 18.5 Å². The zero-order chi connectivity index (χ0) is 45.8. The molecule has 370 valence electrons. The topological polar surface area (TPSA) is 95.9 Å². The Balaban J connectivity index is 3.55. The summed E-state index contributed by atoms with van der Waals surface area (Å²) >= 11 is 0. The van der Waals surface area contributed by atoms with Crippen molar-refractivity contribution in [2.24, 2.45) is 0 Å². The molecule has 0 aromatic heterocycles. The Kier molecular flexibility index (Phi) is 51.1. The van der Waals surface area contributed by atoms with Crippen LogP contribution in [0.1, 0.15) is 290 Å². The Morgan fingerprint density at radius 1 is 0.429 bits per heavy atom. The lowest BCUT2D eigenvalue weighted by atomic mass is 10.0. The van der Waals surface area contributed by atoms with Crippen LogP contribution in [0, 0.1) is 0 Å². The van der Waals surface area contributed by atoms with Crippen LogP contribution in [0.15, 0.2) is 36.5 Å². The zero-order valence-electron chi connectivity index (χ0n) is 42.1. The number of aliphatic hydroxyl groups excluding tert-OH is 2. The number of esters is 1. The maximum absolute atomic E-state index is 12.5. The van der Waals surface area contributed by atoms with Gasteiger partial charge in [-0.1, -0.05) is 230 Å². The molecule has 0 aromatic rings. The van der Waals surface area contributed by atoms with Gasteiger partial charge in [0.2, 0.25) is 5.91 Å². The summed E-state index contributed by atoms with van der Waals surface area (Å²) in [6.45, 7) is 4.82. The first-order valence-electron chi connectivity index (χ1n) is 27.8. The van der Waals surface area contributed by atoms with Crippen LogP contribution in [0.25, 0.3) is 0 Å². The average Bonchev–Trinajstić information content (AvgIpc) is 3.28. The van der Waals surface area contributed by atoms with E-state index < -0.39 is 12.1 Å². The predicted molar refractivity (Wildman–Crippen MR) is 273 cm³/mol. The maximum Gasteiger partial charge on any atom is 0.305 e. The third-order valence-corrected chi connectivity index (χ3v) is 12.6. The number of hydrogen-bond acceptors (Lipinski definition) is 5. The number of aliphatic hydroxyl groups is 2. The summed E-state index contributed by atoms with van der Waals surface area (Å²) in [4.78, 5) is 24.5. The third-order valence-electron chi connectivity index (χ3n) is 12.6. The molecule has 2 atom stereocenters. The number of unbranched alkanes of at least 4 members (excludes halogenated alkanes) is 36. The third kappa shape index (κ3) is 49.4. The molecule has 3 N–H and O–H groups in total. The van der Waals surface area contributed by atoms with Gasteiger partial charge in [-0.25, -0.2) is 0 Å². The summed E-state index contributed by atoms with van der Waals surface area (Å²) in [5.41, 5.74) is 0. The fourth-order valence-electron chi connectivity index (χ4n) is 8.33. The fraction of sp³-hybridized carbons (Fsp3) is 0.860. The van der Waals surface area contributed by atoms with Crippen LogP contribution in [-0.2, 0) is 14.3 Å². The van der Waals surface area contributed by atoms with Crippen molar-refractivity contribution in [3.05, 3.63) is 36.5 Å². The normalized spacial score (nSPS) is 12.9. The van der Waals surface area contributed by atoms with E-state index in [1.165, 1.54) is 180 Å². The van der Waals surface area contributed by atoms with Gasteiger partial charge in [0.25, 0.3) is 0 Å². The van der Waals surface area contributed by atoms with E-state index in [1.54, 1.807) is 6.08 Å². The quantitative estimate of drug-likeness (QED) is 0.0321. The molecule has 0 fully saturated rings. The summed E-state index contributed by atoms with van der Waals surface area (Å²) in [6, 6.07) is -0.650. The number of carbonyl (C=O) groups is 2. The molecule has 0 bridgehead atoms. The minimum Gasteiger partial charge on any atom is -0.466 e. The van der Waals surface area contributed by atoms with E-state index in [1.807, 2.05) is 6.08 Å². The number of nitrogens with one attached hydrogen (secondary N) is 1. The first-order chi connectivity index (χ1) is 31.0. The van der Waals surface area contributed by atoms with Crippen molar-refractivity contribution in [3.8, 4) is 0 Å². The number of ether oxygens (including phenoxy) is 1. The van der Waals surface area contributed by atoms with Crippen LogP contribution in [0.4, 0.5) is 0 Å². The average molecular weight is 886 g/mol. The van der Waals surface area contributed by atoms with Crippen LogP contribution in [0.3, 0.4) is 0 Å². The van der Waals surface area contributed by atoms with E-state index >= 15 is 0 Å². The molecule has 1 amide bonds. The minimum atomic E-state index is -0.864. The van der Waals surface area contributed by atoms with Crippen molar-refractivity contribution >= 4 is 11.9 Å². The van der Waals surface area contributed by atoms with Gasteiger partial charge in [0.1, 0.15) is 0 Å². The van der Waals surface area contributed by atoms with Gasteiger partial charge in [-0.05, 0) is 83.5 Å². The number of rotatable bonds is 51. The second-order valence-corrected chi connectivity index (χ2v) is 18.9. The van der Waals surface area contributed by atoms with Gasteiger partial charge in [0.15, 0.2) is 0 Å². The summed E-state index contributed by atoms with van der Waals surface area (Å²) in [6.07, 6.45) is 64.4. The van der Waals surface area contributed by atoms with Crippen molar-refractivity contribution in [2.45, 2.75) is 302 Å². The summed E-state index contributed by atoms with van der Waals surface area (Å²) in [7, 11) is 0. The van der Waals surface area contributed by atoms with Crippen molar-refractivity contribution < 1.29 is 24.5 Å². The van der Waals surface area contributed by atoms with E-state index in [9.17, 15) is 19.8 Å². The Morgan fingerprint density at radius 2 is 0.746 bits per heavy atom. The van der Waals surface area contributed by atoms with Gasteiger partial charge in [-0.3, -0.25) is 9.59 Å². The first-order valence-corrected chi connectivity index (χ1v) is 27.8. The Hall–Kier alpha value is -1.92. The van der Waals surface area contributed by atoms with E-state index in [4.69, 9.17) is 4.74 Å². The van der Waals surface area contributed by atoms with Gasteiger partial charge in [-0.2, -0.15) is 0 Å². The highest BCUT2D eigenvalue weighted by Gasteiger charge is 2.18. The van der Waals surface area contributed by atoms with Crippen molar-refractivity contribution in [2.75, 3.05) is 13.2 Å². The van der Waals surface area contributed by atoms with Crippen molar-refractivity contribution in [1.82, 2.24) is 5.32 Å². The molecular weight excluding hydrogens is 779 g/mol. The highest BCUT2D eigenvalue weighted by atomic mass is 16.5. The van der Waals surface area contributed by atoms with Crippen LogP contribution in [-0.4, -0.2) is 47.4 Å². The highest BCUT2D eigenvalue weighted by Crippen LogP contribution is 2.16. The molecule has 0 aromatic carbocycles. The molecule has 63 heavy (non-hydrogen) atoms. The first kappa shape index (κ1) is 61.1. The molecule has 0 saturated heterocycles. The van der Waals surface area contributed by atoms with Crippen LogP contribution < -0.4 is 5.32 Å². The SMILES string of the molecule is CCCCCCC/C=C\CCCCCCCC(=O)OCCCC/C=C\CCCCCCCC(=O)NC(CO)C(O)/C=C/CCCCCCCCCCCCCCCCCCCCC. The lowest BCUT2D eigenvalue weighted by molar-refractivity contribution is -0.143. The van der Waals surface area contributed by atoms with Crippen molar-refractivity contribution in [1.29, 1.82) is 0 Å². The van der Waals surface area contributed by atoms with Gasteiger partial charge in [0, 0.05) is 12.8 Å². The van der Waals surface area contributed by atoms with Crippen LogP contribution in [0.2, 0.25) is 0 Å². The largest absolute Gasteiger partial charge is 0.466 e. The molecule has 6 nitrogen and oxygen atoms in total. The van der Waals surface area contributed by atoms with Gasteiger partial charge >= 0.3 is 5.97 Å². The number of carbonyl (C=O) groups excluding carboxylic acids is 2. The smallest absolute Gasteiger partial charge is 0.305 e. The molecule has 2 unspecified atom stereocenters. The Labute approximate surface area is 392 Å². The Morgan fingerprint density at radius 3 is 1.13 bits per heavy atom. The predicted octanol–water partition coefficient (Wildman–Crippen LogP) is 16.9. The monoisotopic (exact) mass is 886 g/mol. The lowest BCUT2D eigenvalue weighted by Crippen LogP contribution is -2.45. The molecule has 0 saturated carbocycles. The molecule has 0 rings (SSSR count). The van der Waals surface area contributed by atoms with Crippen LogP contribution >= 0.6 is 0 Å². The van der Waals surface area contributed by atoms with Gasteiger partial charge in [0.05, 0.1) is 25.4 Å². The second-order valence-electron chi connectivity index (χ2n) is 18.9. The van der Waals surface area contributed by atoms with Gasteiger partial charge in [-0.15, -0.1) is 0 Å². The molecule has 6 heteroatoms. The number of hydrogen-bond donors (Lipinski definition) is 3. The van der Waals surface area contributed by atoms with Gasteiger partial charge < -0.3 is 20.3 Å². The van der Waals surface area contributed by atoms with Crippen LogP contribution in [0.5, 0.6) is 0 Å². The maximum atomic E-state index is 12.5. The fourth-order valence-corrected chi connectivity index (χ4v) is 8.33. The second kappa shape index (κ2) is 52.7. The lowest BCUT2D eigenvalue weighted by Gasteiger charge is -2.20.